The van der Waals surface area contributed by atoms with E-state index in [9.17, 15) is 0 Å². The van der Waals surface area contributed by atoms with Crippen LogP contribution in [0.1, 0.15) is 103 Å². The van der Waals surface area contributed by atoms with Crippen LogP contribution in [0.3, 0.4) is 0 Å². The predicted molar refractivity (Wildman–Crippen MR) is 151 cm³/mol. The van der Waals surface area contributed by atoms with Crippen LogP contribution in [0.4, 0.5) is 11.6 Å². The van der Waals surface area contributed by atoms with Gasteiger partial charge in [0.05, 0.1) is 13.2 Å². The third kappa shape index (κ3) is 6.26. The smallest absolute Gasteiger partial charge is 0.319 e. The van der Waals surface area contributed by atoms with Crippen molar-refractivity contribution in [3.8, 4) is 12.0 Å². The van der Waals surface area contributed by atoms with Gasteiger partial charge < -0.3 is 19.3 Å². The van der Waals surface area contributed by atoms with E-state index in [-0.39, 0.29) is 0 Å². The number of aromatic nitrogens is 4. The number of hydrogen-bond acceptors (Lipinski definition) is 8. The van der Waals surface area contributed by atoms with Crippen molar-refractivity contribution < 1.29 is 9.47 Å². The predicted octanol–water partition coefficient (Wildman–Crippen LogP) is 6.32. The van der Waals surface area contributed by atoms with Crippen LogP contribution in [-0.4, -0.2) is 59.3 Å². The number of ether oxygens (including phenoxy) is 2. The molecule has 0 N–H and O–H groups in total. The van der Waals surface area contributed by atoms with E-state index < -0.39 is 0 Å². The summed E-state index contributed by atoms with van der Waals surface area (Å²) in [6.07, 6.45) is 20.2. The standard InChI is InChI=1S/C30H46N6O2/c1-5-13-23(14-6-1)21-37-29-31-25-26(27(33-29)35-17-9-3-10-18-35)32-30(38-22-24-15-7-2-8-16-24)34-28(25)36-19-11-4-12-20-36/h23-24H,1-22H2. The van der Waals surface area contributed by atoms with Crippen molar-refractivity contribution in [1.29, 1.82) is 0 Å². The Balaban J connectivity index is 1.36. The summed E-state index contributed by atoms with van der Waals surface area (Å²) in [4.78, 5) is 24.8. The summed E-state index contributed by atoms with van der Waals surface area (Å²) < 4.78 is 12.7. The lowest BCUT2D eigenvalue weighted by atomic mass is 9.90. The molecule has 6 rings (SSSR count). The maximum atomic E-state index is 6.33. The Hall–Kier alpha value is -2.38. The molecular weight excluding hydrogens is 476 g/mol. The first-order chi connectivity index (χ1) is 18.8. The molecule has 4 aliphatic rings. The largest absolute Gasteiger partial charge is 0.463 e. The number of fused-ring (bicyclic) bond motifs is 1. The molecule has 0 unspecified atom stereocenters. The van der Waals surface area contributed by atoms with Gasteiger partial charge in [0.15, 0.2) is 11.6 Å². The average molecular weight is 523 g/mol. The number of hydrogen-bond donors (Lipinski definition) is 0. The lowest BCUT2D eigenvalue weighted by Gasteiger charge is -2.31. The fourth-order valence-electron chi connectivity index (χ4n) is 6.82. The van der Waals surface area contributed by atoms with Gasteiger partial charge in [0, 0.05) is 26.2 Å². The summed E-state index contributed by atoms with van der Waals surface area (Å²) in [6.45, 7) is 5.39. The first-order valence-corrected chi connectivity index (χ1v) is 15.7. The van der Waals surface area contributed by atoms with Gasteiger partial charge in [-0.25, -0.2) is 0 Å². The molecule has 4 fully saturated rings. The van der Waals surface area contributed by atoms with Crippen LogP contribution in [0.15, 0.2) is 0 Å². The van der Waals surface area contributed by atoms with E-state index in [0.717, 1.165) is 48.8 Å². The Morgan fingerprint density at radius 3 is 1.24 bits per heavy atom. The highest BCUT2D eigenvalue weighted by atomic mass is 16.5. The van der Waals surface area contributed by atoms with Crippen LogP contribution < -0.4 is 19.3 Å². The molecule has 0 aromatic carbocycles. The van der Waals surface area contributed by atoms with Crippen molar-refractivity contribution in [1.82, 2.24) is 19.9 Å². The quantitative estimate of drug-likeness (QED) is 0.399. The fourth-order valence-corrected chi connectivity index (χ4v) is 6.82. The molecule has 2 saturated carbocycles. The van der Waals surface area contributed by atoms with Gasteiger partial charge in [0.2, 0.25) is 0 Å². The third-order valence-electron chi connectivity index (χ3n) is 9.12. The molecule has 0 spiro atoms. The van der Waals surface area contributed by atoms with Crippen LogP contribution >= 0.6 is 0 Å². The van der Waals surface area contributed by atoms with E-state index in [1.54, 1.807) is 0 Å². The van der Waals surface area contributed by atoms with Crippen molar-refractivity contribution in [2.75, 3.05) is 49.2 Å². The summed E-state index contributed by atoms with van der Waals surface area (Å²) in [5, 5.41) is 0. The monoisotopic (exact) mass is 522 g/mol. The summed E-state index contributed by atoms with van der Waals surface area (Å²) in [7, 11) is 0. The molecule has 4 heterocycles. The molecule has 0 bridgehead atoms. The van der Waals surface area contributed by atoms with Gasteiger partial charge in [0.1, 0.15) is 11.0 Å². The molecule has 0 atom stereocenters. The summed E-state index contributed by atoms with van der Waals surface area (Å²) in [5.41, 5.74) is 1.65. The van der Waals surface area contributed by atoms with E-state index in [2.05, 4.69) is 9.80 Å². The van der Waals surface area contributed by atoms with Crippen LogP contribution in [-0.2, 0) is 0 Å². The highest BCUT2D eigenvalue weighted by molar-refractivity contribution is 5.93. The molecular formula is C30H46N6O2. The van der Waals surface area contributed by atoms with Crippen LogP contribution in [0, 0.1) is 11.8 Å². The molecule has 2 aliphatic carbocycles. The summed E-state index contributed by atoms with van der Waals surface area (Å²) in [6, 6.07) is 0.975. The maximum absolute atomic E-state index is 6.33. The Bertz CT molecular complexity index is 957. The van der Waals surface area contributed by atoms with Gasteiger partial charge in [-0.1, -0.05) is 38.5 Å². The minimum atomic E-state index is 0.487. The van der Waals surface area contributed by atoms with Gasteiger partial charge in [-0.2, -0.15) is 19.9 Å². The summed E-state index contributed by atoms with van der Waals surface area (Å²) >= 11 is 0. The number of anilines is 2. The average Bonchev–Trinajstić information content (AvgIpc) is 3.00. The lowest BCUT2D eigenvalue weighted by molar-refractivity contribution is 0.195. The van der Waals surface area contributed by atoms with Gasteiger partial charge >= 0.3 is 12.0 Å². The minimum absolute atomic E-state index is 0.487. The van der Waals surface area contributed by atoms with Gasteiger partial charge in [-0.05, 0) is 76.0 Å². The van der Waals surface area contributed by atoms with Gasteiger partial charge in [-0.15, -0.1) is 0 Å². The van der Waals surface area contributed by atoms with E-state index in [4.69, 9.17) is 29.4 Å². The molecule has 0 amide bonds. The van der Waals surface area contributed by atoms with Gasteiger partial charge in [0.25, 0.3) is 0 Å². The van der Waals surface area contributed by atoms with Crippen molar-refractivity contribution >= 4 is 22.7 Å². The number of rotatable bonds is 8. The van der Waals surface area contributed by atoms with Crippen LogP contribution in [0.2, 0.25) is 0 Å². The van der Waals surface area contributed by atoms with E-state index in [0.29, 0.717) is 37.1 Å². The Kier molecular flexibility index (Phi) is 8.61. The zero-order valence-electron chi connectivity index (χ0n) is 23.2. The zero-order chi connectivity index (χ0) is 25.6. The number of nitrogens with zero attached hydrogens (tertiary/aromatic N) is 6. The molecule has 8 heteroatoms. The Labute approximate surface area is 227 Å². The number of piperidine rings is 2. The SMILES string of the molecule is C1CCC(COc2nc(N3CCCCC3)c3nc(OCC4CCCCC4)nc(N4CCCCC4)c3n2)CC1. The first kappa shape index (κ1) is 25.9. The van der Waals surface area contributed by atoms with Crippen LogP contribution in [0.25, 0.3) is 11.0 Å². The molecule has 2 aromatic rings. The molecule has 38 heavy (non-hydrogen) atoms. The van der Waals surface area contributed by atoms with E-state index >= 15 is 0 Å². The summed E-state index contributed by atoms with van der Waals surface area (Å²) in [5.74, 6) is 3.01. The molecule has 2 aliphatic heterocycles. The highest BCUT2D eigenvalue weighted by Crippen LogP contribution is 2.35. The topological polar surface area (TPSA) is 76.5 Å². The normalized spacial score (nSPS) is 22.1. The zero-order valence-corrected chi connectivity index (χ0v) is 23.2. The molecule has 208 valence electrons. The molecule has 2 aromatic heterocycles. The van der Waals surface area contributed by atoms with Crippen molar-refractivity contribution in [3.05, 3.63) is 0 Å². The van der Waals surface area contributed by atoms with Crippen molar-refractivity contribution in [2.45, 2.75) is 103 Å². The van der Waals surface area contributed by atoms with E-state index in [1.807, 2.05) is 0 Å². The molecule has 0 radical (unpaired) electrons. The maximum Gasteiger partial charge on any atom is 0.319 e. The molecule has 2 saturated heterocycles. The van der Waals surface area contributed by atoms with Gasteiger partial charge in [-0.3, -0.25) is 0 Å². The third-order valence-corrected chi connectivity index (χ3v) is 9.12. The van der Waals surface area contributed by atoms with E-state index in [1.165, 1.54) is 103 Å². The Morgan fingerprint density at radius 1 is 0.474 bits per heavy atom. The highest BCUT2D eigenvalue weighted by Gasteiger charge is 2.26. The minimum Gasteiger partial charge on any atom is -0.463 e. The van der Waals surface area contributed by atoms with Crippen molar-refractivity contribution in [3.63, 3.8) is 0 Å². The fraction of sp³-hybridized carbons (Fsp3) is 0.800. The Morgan fingerprint density at radius 2 is 0.842 bits per heavy atom. The van der Waals surface area contributed by atoms with Crippen molar-refractivity contribution in [2.24, 2.45) is 11.8 Å². The molecule has 8 nitrogen and oxygen atoms in total. The lowest BCUT2D eigenvalue weighted by Crippen LogP contribution is -2.32. The first-order valence-electron chi connectivity index (χ1n) is 15.7. The second kappa shape index (κ2) is 12.6. The second-order valence-electron chi connectivity index (χ2n) is 12.1. The second-order valence-corrected chi connectivity index (χ2v) is 12.1. The van der Waals surface area contributed by atoms with Crippen LogP contribution in [0.5, 0.6) is 12.0 Å².